The van der Waals surface area contributed by atoms with Gasteiger partial charge in [-0.05, 0) is 29.2 Å². The molecule has 1 unspecified atom stereocenters. The smallest absolute Gasteiger partial charge is 0.161 e. The highest BCUT2D eigenvalue weighted by molar-refractivity contribution is 7.03. The van der Waals surface area contributed by atoms with Gasteiger partial charge in [-0.15, -0.1) is 5.10 Å². The van der Waals surface area contributed by atoms with E-state index < -0.39 is 0 Å². The van der Waals surface area contributed by atoms with Gasteiger partial charge in [0.2, 0.25) is 0 Å². The highest BCUT2D eigenvalue weighted by Crippen LogP contribution is 2.33. The Morgan fingerprint density at radius 1 is 1.28 bits per heavy atom. The Morgan fingerprint density at radius 3 is 2.83 bits per heavy atom. The average molecular weight is 264 g/mol. The van der Waals surface area contributed by atoms with Gasteiger partial charge in [-0.3, -0.25) is 5.84 Å². The Morgan fingerprint density at radius 2 is 2.11 bits per heavy atom. The molecule has 0 spiro atoms. The number of nitrogens with two attached hydrogens (primary N) is 1. The maximum Gasteiger partial charge on any atom is 0.161 e. The van der Waals surface area contributed by atoms with Gasteiger partial charge in [0.15, 0.2) is 11.5 Å². The third-order valence-electron chi connectivity index (χ3n) is 2.74. The molecule has 6 nitrogen and oxygen atoms in total. The van der Waals surface area contributed by atoms with Gasteiger partial charge in [-0.1, -0.05) is 10.6 Å². The normalized spacial score (nSPS) is 15.4. The second-order valence-electron chi connectivity index (χ2n) is 3.83. The maximum atomic E-state index is 5.59. The van der Waals surface area contributed by atoms with Crippen LogP contribution in [-0.2, 0) is 0 Å². The van der Waals surface area contributed by atoms with E-state index in [9.17, 15) is 0 Å². The van der Waals surface area contributed by atoms with Crippen molar-refractivity contribution in [2.75, 3.05) is 13.2 Å². The van der Waals surface area contributed by atoms with Crippen molar-refractivity contribution < 1.29 is 9.47 Å². The first kappa shape index (κ1) is 11.4. The number of benzene rings is 1. The lowest BCUT2D eigenvalue weighted by Crippen LogP contribution is -2.29. The lowest BCUT2D eigenvalue weighted by Gasteiger charge is -2.21. The standard InChI is InChI=1S/C11H12N4O2S/c12-13-11(8-6-18-15-14-8)7-1-2-9-10(5-7)17-4-3-16-9/h1-2,5-6,11,13H,3-4,12H2. The highest BCUT2D eigenvalue weighted by atomic mass is 32.1. The Kier molecular flexibility index (Phi) is 3.09. The largest absolute Gasteiger partial charge is 0.486 e. The minimum atomic E-state index is -0.195. The molecule has 0 bridgehead atoms. The van der Waals surface area contributed by atoms with Crippen molar-refractivity contribution in [1.29, 1.82) is 0 Å². The summed E-state index contributed by atoms with van der Waals surface area (Å²) in [5, 5.41) is 5.89. The lowest BCUT2D eigenvalue weighted by molar-refractivity contribution is 0.171. The third kappa shape index (κ3) is 2.03. The molecule has 94 valence electrons. The monoisotopic (exact) mass is 264 g/mol. The second-order valence-corrected chi connectivity index (χ2v) is 4.44. The molecule has 2 aromatic rings. The molecule has 3 rings (SSSR count). The fourth-order valence-electron chi connectivity index (χ4n) is 1.89. The molecule has 0 saturated heterocycles. The van der Waals surface area contributed by atoms with Gasteiger partial charge >= 0.3 is 0 Å². The van der Waals surface area contributed by atoms with Crippen molar-refractivity contribution in [3.05, 3.63) is 34.8 Å². The van der Waals surface area contributed by atoms with Crippen LogP contribution in [0.4, 0.5) is 0 Å². The summed E-state index contributed by atoms with van der Waals surface area (Å²) in [6.45, 7) is 1.15. The summed E-state index contributed by atoms with van der Waals surface area (Å²) in [4.78, 5) is 0. The molecule has 1 aliphatic heterocycles. The molecular weight excluding hydrogens is 252 g/mol. The fourth-order valence-corrected chi connectivity index (χ4v) is 2.37. The SMILES string of the molecule is NNC(c1ccc2c(c1)OCCO2)c1csnn1. The number of aromatic nitrogens is 2. The van der Waals surface area contributed by atoms with Gasteiger partial charge in [0.25, 0.3) is 0 Å². The van der Waals surface area contributed by atoms with E-state index in [0.717, 1.165) is 22.8 Å². The molecule has 0 amide bonds. The van der Waals surface area contributed by atoms with E-state index in [0.29, 0.717) is 13.2 Å². The van der Waals surface area contributed by atoms with Gasteiger partial charge < -0.3 is 9.47 Å². The van der Waals surface area contributed by atoms with Crippen LogP contribution in [0.1, 0.15) is 17.3 Å². The molecule has 0 aliphatic carbocycles. The zero-order valence-corrected chi connectivity index (χ0v) is 10.3. The van der Waals surface area contributed by atoms with Crippen LogP contribution in [0.3, 0.4) is 0 Å². The number of ether oxygens (including phenoxy) is 2. The molecule has 7 heteroatoms. The van der Waals surface area contributed by atoms with Crippen molar-refractivity contribution in [2.45, 2.75) is 6.04 Å². The zero-order chi connectivity index (χ0) is 12.4. The molecule has 1 atom stereocenters. The van der Waals surface area contributed by atoms with E-state index in [1.807, 2.05) is 23.6 Å². The van der Waals surface area contributed by atoms with Crippen molar-refractivity contribution in [2.24, 2.45) is 5.84 Å². The summed E-state index contributed by atoms with van der Waals surface area (Å²) >= 11 is 1.29. The summed E-state index contributed by atoms with van der Waals surface area (Å²) in [6, 6.07) is 5.54. The van der Waals surface area contributed by atoms with Gasteiger partial charge in [-0.2, -0.15) is 0 Å². The van der Waals surface area contributed by atoms with Gasteiger partial charge in [-0.25, -0.2) is 5.43 Å². The number of fused-ring (bicyclic) bond motifs is 1. The van der Waals surface area contributed by atoms with Crippen LogP contribution >= 0.6 is 11.5 Å². The molecule has 3 N–H and O–H groups in total. The molecule has 18 heavy (non-hydrogen) atoms. The fraction of sp³-hybridized carbons (Fsp3) is 0.273. The molecule has 1 aromatic heterocycles. The van der Waals surface area contributed by atoms with E-state index >= 15 is 0 Å². The molecule has 1 aliphatic rings. The first-order chi connectivity index (χ1) is 8.88. The van der Waals surface area contributed by atoms with Crippen LogP contribution in [0.15, 0.2) is 23.6 Å². The van der Waals surface area contributed by atoms with Crippen LogP contribution in [0.25, 0.3) is 0 Å². The Bertz CT molecular complexity index is 532. The predicted molar refractivity (Wildman–Crippen MR) is 66.5 cm³/mol. The van der Waals surface area contributed by atoms with Crippen LogP contribution in [-0.4, -0.2) is 22.8 Å². The first-order valence-electron chi connectivity index (χ1n) is 5.51. The van der Waals surface area contributed by atoms with Crippen LogP contribution in [0.2, 0.25) is 0 Å². The second kappa shape index (κ2) is 4.89. The van der Waals surface area contributed by atoms with Gasteiger partial charge in [0.05, 0.1) is 11.7 Å². The van der Waals surface area contributed by atoms with E-state index in [2.05, 4.69) is 15.0 Å². The van der Waals surface area contributed by atoms with E-state index in [1.165, 1.54) is 11.5 Å². The van der Waals surface area contributed by atoms with Crippen LogP contribution in [0.5, 0.6) is 11.5 Å². The minimum absolute atomic E-state index is 0.195. The Labute approximate surface area is 108 Å². The van der Waals surface area contributed by atoms with Crippen molar-refractivity contribution >= 4 is 11.5 Å². The number of nitrogens with zero attached hydrogens (tertiary/aromatic N) is 2. The van der Waals surface area contributed by atoms with Crippen molar-refractivity contribution in [1.82, 2.24) is 15.0 Å². The molecular formula is C11H12N4O2S. The summed E-state index contributed by atoms with van der Waals surface area (Å²) in [5.74, 6) is 7.09. The molecule has 1 aromatic carbocycles. The van der Waals surface area contributed by atoms with Crippen LogP contribution < -0.4 is 20.7 Å². The zero-order valence-electron chi connectivity index (χ0n) is 9.50. The number of rotatable bonds is 3. The van der Waals surface area contributed by atoms with E-state index in [-0.39, 0.29) is 6.04 Å². The number of hydrazine groups is 1. The summed E-state index contributed by atoms with van der Waals surface area (Å²) in [7, 11) is 0. The maximum absolute atomic E-state index is 5.59. The predicted octanol–water partition coefficient (Wildman–Crippen LogP) is 0.862. The van der Waals surface area contributed by atoms with E-state index in [4.69, 9.17) is 15.3 Å². The lowest BCUT2D eigenvalue weighted by atomic mass is 10.0. The number of hydrogen-bond acceptors (Lipinski definition) is 7. The van der Waals surface area contributed by atoms with E-state index in [1.54, 1.807) is 0 Å². The first-order valence-corrected chi connectivity index (χ1v) is 6.35. The third-order valence-corrected chi connectivity index (χ3v) is 3.26. The van der Waals surface area contributed by atoms with Crippen LogP contribution in [0, 0.1) is 0 Å². The molecule has 0 fully saturated rings. The summed E-state index contributed by atoms with van der Waals surface area (Å²) in [5.41, 5.74) is 4.49. The quantitative estimate of drug-likeness (QED) is 0.632. The van der Waals surface area contributed by atoms with Gasteiger partial charge in [0.1, 0.15) is 13.2 Å². The highest BCUT2D eigenvalue weighted by Gasteiger charge is 2.19. The Balaban J connectivity index is 1.95. The number of hydrogen-bond donors (Lipinski definition) is 2. The topological polar surface area (TPSA) is 82.3 Å². The molecule has 2 heterocycles. The molecule has 0 radical (unpaired) electrons. The van der Waals surface area contributed by atoms with Crippen molar-refractivity contribution in [3.8, 4) is 11.5 Å². The summed E-state index contributed by atoms with van der Waals surface area (Å²) < 4.78 is 14.9. The number of nitrogens with one attached hydrogen (secondary N) is 1. The van der Waals surface area contributed by atoms with Crippen molar-refractivity contribution in [3.63, 3.8) is 0 Å². The average Bonchev–Trinajstić information content (AvgIpc) is 2.93. The minimum Gasteiger partial charge on any atom is -0.486 e. The Hall–Kier alpha value is -1.70. The summed E-state index contributed by atoms with van der Waals surface area (Å²) in [6.07, 6.45) is 0. The van der Waals surface area contributed by atoms with Gasteiger partial charge in [0, 0.05) is 5.38 Å². The molecule has 0 saturated carbocycles.